The number of ether oxygens (including phenoxy) is 2. The molecule has 6 heteroatoms. The Bertz CT molecular complexity index is 251. The summed E-state index contributed by atoms with van der Waals surface area (Å²) in [6, 6.07) is 0. The van der Waals surface area contributed by atoms with Gasteiger partial charge in [0.2, 0.25) is 0 Å². The van der Waals surface area contributed by atoms with Crippen molar-refractivity contribution in [2.75, 3.05) is 20.3 Å². The Kier molecular flexibility index (Phi) is 9.74. The number of hydrogen-bond acceptors (Lipinski definition) is 5. The normalized spacial score (nSPS) is 14.1. The molecule has 0 spiro atoms. The number of carboxylic acids is 1. The fourth-order valence-corrected chi connectivity index (χ4v) is 0.871. The number of rotatable bonds is 7. The van der Waals surface area contributed by atoms with Crippen molar-refractivity contribution in [1.82, 2.24) is 0 Å². The molecule has 3 N–H and O–H groups in total. The molecule has 0 radical (unpaired) electrons. The number of hydrogen-bond donors (Lipinski definition) is 3. The van der Waals surface area contributed by atoms with E-state index in [1.807, 2.05) is 6.92 Å². The van der Waals surface area contributed by atoms with Crippen LogP contribution in [0.2, 0.25) is 0 Å². The molecule has 0 heterocycles. The van der Waals surface area contributed by atoms with E-state index in [0.717, 1.165) is 12.5 Å². The number of methoxy groups -OCH3 is 1. The topological polar surface area (TPSA) is 96.2 Å². The van der Waals surface area contributed by atoms with Gasteiger partial charge in [0.1, 0.15) is 0 Å². The van der Waals surface area contributed by atoms with Crippen LogP contribution in [0.4, 0.5) is 0 Å². The quantitative estimate of drug-likeness (QED) is 0.468. The highest BCUT2D eigenvalue weighted by Gasteiger charge is 2.45. The largest absolute Gasteiger partial charge is 0.478 e. The standard InChI is InChI=1S/C9H20O4.C3H4O2/c1-5-6-13-9(11,12-4)8(2,3)7-10;1-2-3(4)5/h10-11H,5-7H2,1-4H3;2H,1H2,(H,4,5). The second-order valence-corrected chi connectivity index (χ2v) is 4.22. The zero-order valence-electron chi connectivity index (χ0n) is 11.5. The van der Waals surface area contributed by atoms with Gasteiger partial charge in [-0.05, 0) is 20.3 Å². The second kappa shape index (κ2) is 9.04. The summed E-state index contributed by atoms with van der Waals surface area (Å²) < 4.78 is 10.0. The van der Waals surface area contributed by atoms with Gasteiger partial charge in [-0.2, -0.15) is 0 Å². The molecule has 18 heavy (non-hydrogen) atoms. The van der Waals surface area contributed by atoms with Gasteiger partial charge in [0.25, 0.3) is 5.97 Å². The van der Waals surface area contributed by atoms with Crippen LogP contribution in [0.5, 0.6) is 0 Å². The van der Waals surface area contributed by atoms with Crippen LogP contribution in [-0.4, -0.2) is 47.6 Å². The van der Waals surface area contributed by atoms with Gasteiger partial charge < -0.3 is 24.8 Å². The van der Waals surface area contributed by atoms with E-state index in [0.29, 0.717) is 6.61 Å². The first-order valence-electron chi connectivity index (χ1n) is 5.58. The van der Waals surface area contributed by atoms with Crippen molar-refractivity contribution in [2.24, 2.45) is 5.41 Å². The van der Waals surface area contributed by atoms with E-state index in [1.165, 1.54) is 7.11 Å². The molecular weight excluding hydrogens is 240 g/mol. The second-order valence-electron chi connectivity index (χ2n) is 4.22. The number of carbonyl (C=O) groups is 1. The Morgan fingerprint density at radius 2 is 1.89 bits per heavy atom. The van der Waals surface area contributed by atoms with E-state index in [9.17, 15) is 9.90 Å². The maximum atomic E-state index is 9.87. The van der Waals surface area contributed by atoms with E-state index in [4.69, 9.17) is 19.7 Å². The lowest BCUT2D eigenvalue weighted by Gasteiger charge is -2.38. The molecule has 0 amide bonds. The van der Waals surface area contributed by atoms with Gasteiger partial charge in [-0.3, -0.25) is 0 Å². The molecule has 0 aliphatic rings. The van der Waals surface area contributed by atoms with Gasteiger partial charge in [-0.15, -0.1) is 0 Å². The third-order valence-electron chi connectivity index (χ3n) is 2.20. The van der Waals surface area contributed by atoms with Gasteiger partial charge in [0.05, 0.1) is 18.6 Å². The van der Waals surface area contributed by atoms with E-state index in [2.05, 4.69) is 6.58 Å². The smallest absolute Gasteiger partial charge is 0.327 e. The van der Waals surface area contributed by atoms with Crippen molar-refractivity contribution in [3.8, 4) is 0 Å². The van der Waals surface area contributed by atoms with E-state index < -0.39 is 17.4 Å². The maximum absolute atomic E-state index is 9.87. The van der Waals surface area contributed by atoms with Crippen molar-refractivity contribution in [1.29, 1.82) is 0 Å². The molecule has 6 nitrogen and oxygen atoms in total. The summed E-state index contributed by atoms with van der Waals surface area (Å²) in [6.07, 6.45) is 1.62. The van der Waals surface area contributed by atoms with Crippen LogP contribution in [-0.2, 0) is 14.3 Å². The first kappa shape index (κ1) is 19.4. The fraction of sp³-hybridized carbons (Fsp3) is 0.750. The predicted octanol–water partition coefficient (Wildman–Crippen LogP) is 0.981. The van der Waals surface area contributed by atoms with Crippen LogP contribution < -0.4 is 0 Å². The molecular formula is C12H24O6. The highest BCUT2D eigenvalue weighted by Crippen LogP contribution is 2.32. The summed E-state index contributed by atoms with van der Waals surface area (Å²) in [4.78, 5) is 9.25. The molecule has 0 aromatic rings. The molecule has 0 rings (SSSR count). The van der Waals surface area contributed by atoms with E-state index in [-0.39, 0.29) is 6.61 Å². The molecule has 108 valence electrons. The lowest BCUT2D eigenvalue weighted by atomic mass is 9.91. The third kappa shape index (κ3) is 6.70. The highest BCUT2D eigenvalue weighted by molar-refractivity contribution is 5.78. The van der Waals surface area contributed by atoms with Gasteiger partial charge in [-0.1, -0.05) is 13.5 Å². The molecule has 0 saturated heterocycles. The van der Waals surface area contributed by atoms with Gasteiger partial charge >= 0.3 is 5.97 Å². The minimum Gasteiger partial charge on any atom is -0.478 e. The lowest BCUT2D eigenvalue weighted by Crippen LogP contribution is -2.51. The third-order valence-corrected chi connectivity index (χ3v) is 2.20. The Labute approximate surface area is 108 Å². The van der Waals surface area contributed by atoms with Crippen molar-refractivity contribution in [2.45, 2.75) is 33.2 Å². The molecule has 0 aromatic carbocycles. The molecule has 1 unspecified atom stereocenters. The summed E-state index contributed by atoms with van der Waals surface area (Å²) in [5.74, 6) is -2.69. The van der Waals surface area contributed by atoms with Gasteiger partial charge in [0, 0.05) is 13.2 Å². The fourth-order valence-electron chi connectivity index (χ4n) is 0.871. The SMILES string of the molecule is C=CC(=O)O.CCCOC(O)(OC)C(C)(C)CO. The Morgan fingerprint density at radius 3 is 2.11 bits per heavy atom. The summed E-state index contributed by atoms with van der Waals surface area (Å²) in [5, 5.41) is 26.5. The van der Waals surface area contributed by atoms with E-state index in [1.54, 1.807) is 13.8 Å². The highest BCUT2D eigenvalue weighted by atomic mass is 16.8. The molecule has 0 aliphatic carbocycles. The molecule has 0 aliphatic heterocycles. The van der Waals surface area contributed by atoms with E-state index >= 15 is 0 Å². The first-order chi connectivity index (χ1) is 8.20. The first-order valence-corrected chi connectivity index (χ1v) is 5.58. The number of aliphatic hydroxyl groups excluding tert-OH is 1. The average molecular weight is 264 g/mol. The zero-order valence-corrected chi connectivity index (χ0v) is 11.5. The zero-order chi connectivity index (χ0) is 14.8. The summed E-state index contributed by atoms with van der Waals surface area (Å²) in [6.45, 7) is 8.43. The number of aliphatic carboxylic acids is 1. The Balaban J connectivity index is 0. The summed E-state index contributed by atoms with van der Waals surface area (Å²) in [7, 11) is 1.35. The van der Waals surface area contributed by atoms with Gasteiger partial charge in [-0.25, -0.2) is 4.79 Å². The van der Waals surface area contributed by atoms with Crippen molar-refractivity contribution < 1.29 is 29.6 Å². The summed E-state index contributed by atoms with van der Waals surface area (Å²) in [5.41, 5.74) is -0.836. The molecule has 0 aromatic heterocycles. The average Bonchev–Trinajstić information content (AvgIpc) is 2.36. The Hall–Kier alpha value is -0.950. The van der Waals surface area contributed by atoms with Crippen LogP contribution in [0.15, 0.2) is 12.7 Å². The molecule has 0 saturated carbocycles. The Morgan fingerprint density at radius 1 is 1.44 bits per heavy atom. The number of carboxylic acid groups (broad SMARTS) is 1. The predicted molar refractivity (Wildman–Crippen MR) is 66.9 cm³/mol. The van der Waals surface area contributed by atoms with Crippen molar-refractivity contribution >= 4 is 5.97 Å². The molecule has 1 atom stereocenters. The van der Waals surface area contributed by atoms with Gasteiger partial charge in [0.15, 0.2) is 0 Å². The molecule has 0 bridgehead atoms. The maximum Gasteiger partial charge on any atom is 0.327 e. The number of aliphatic hydroxyl groups is 2. The summed E-state index contributed by atoms with van der Waals surface area (Å²) >= 11 is 0. The van der Waals surface area contributed by atoms with Crippen LogP contribution in [0.1, 0.15) is 27.2 Å². The molecule has 0 fully saturated rings. The van der Waals surface area contributed by atoms with Crippen LogP contribution >= 0.6 is 0 Å². The minimum absolute atomic E-state index is 0.207. The lowest BCUT2D eigenvalue weighted by molar-refractivity contribution is -0.403. The van der Waals surface area contributed by atoms with Crippen LogP contribution in [0.25, 0.3) is 0 Å². The minimum atomic E-state index is -1.71. The van der Waals surface area contributed by atoms with Crippen LogP contribution in [0.3, 0.4) is 0 Å². The van der Waals surface area contributed by atoms with Crippen molar-refractivity contribution in [3.05, 3.63) is 12.7 Å². The monoisotopic (exact) mass is 264 g/mol. The van der Waals surface area contributed by atoms with Crippen molar-refractivity contribution in [3.63, 3.8) is 0 Å². The van der Waals surface area contributed by atoms with Crippen LogP contribution in [0, 0.1) is 5.41 Å².